The molecule has 0 bridgehead atoms. The SMILES string of the molecule is CCOC(=O)C1=C(C)N=c2s/c(=C\c3ccc(COc4ccc(I)cc4I)cc3)c(=O)n2[C@H]1c1ccc(OC)cc1. The largest absolute Gasteiger partial charge is 0.497 e. The molecule has 0 unspecified atom stereocenters. The molecule has 0 N–H and O–H groups in total. The first kappa shape index (κ1) is 29.5. The van der Waals surface area contributed by atoms with Crippen LogP contribution in [0.15, 0.2) is 87.8 Å². The normalized spacial score (nSPS) is 14.9. The molecule has 0 aliphatic carbocycles. The Morgan fingerprint density at radius 2 is 1.80 bits per heavy atom. The molecule has 1 aliphatic rings. The number of esters is 1. The molecule has 1 atom stereocenters. The number of hydrogen-bond acceptors (Lipinski definition) is 7. The Morgan fingerprint density at radius 3 is 2.46 bits per heavy atom. The third-order valence-corrected chi connectivity index (χ3v) is 9.01. The summed E-state index contributed by atoms with van der Waals surface area (Å²) < 4.78 is 21.0. The highest BCUT2D eigenvalue weighted by atomic mass is 127. The van der Waals surface area contributed by atoms with Crippen molar-refractivity contribution in [3.8, 4) is 11.5 Å². The zero-order valence-electron chi connectivity index (χ0n) is 22.5. The Labute approximate surface area is 268 Å². The van der Waals surface area contributed by atoms with Gasteiger partial charge in [-0.1, -0.05) is 47.7 Å². The quantitative estimate of drug-likeness (QED) is 0.172. The number of aromatic nitrogens is 1. The molecule has 1 aliphatic heterocycles. The van der Waals surface area contributed by atoms with Crippen molar-refractivity contribution in [3.05, 3.63) is 122 Å². The van der Waals surface area contributed by atoms with Gasteiger partial charge in [0.05, 0.1) is 39.1 Å². The fourth-order valence-electron chi connectivity index (χ4n) is 4.51. The Hall–Kier alpha value is -2.97. The van der Waals surface area contributed by atoms with Gasteiger partial charge in [-0.05, 0) is 112 Å². The number of hydrogen-bond donors (Lipinski definition) is 0. The number of halogens is 2. The van der Waals surface area contributed by atoms with Gasteiger partial charge in [-0.15, -0.1) is 0 Å². The molecule has 0 amide bonds. The first-order valence-electron chi connectivity index (χ1n) is 12.8. The molecule has 4 aromatic rings. The Morgan fingerprint density at radius 1 is 1.07 bits per heavy atom. The molecule has 5 rings (SSSR count). The molecule has 0 saturated carbocycles. The number of thiazole rings is 1. The van der Waals surface area contributed by atoms with E-state index >= 15 is 0 Å². The third-order valence-electron chi connectivity index (χ3n) is 6.51. The number of allylic oxidation sites excluding steroid dienone is 1. The number of nitrogens with zero attached hydrogens (tertiary/aromatic N) is 2. The smallest absolute Gasteiger partial charge is 0.338 e. The molecule has 41 heavy (non-hydrogen) atoms. The van der Waals surface area contributed by atoms with Gasteiger partial charge in [-0.2, -0.15) is 0 Å². The van der Waals surface area contributed by atoms with Gasteiger partial charge in [0, 0.05) is 3.57 Å². The molecule has 3 aromatic carbocycles. The van der Waals surface area contributed by atoms with Crippen LogP contribution in [-0.4, -0.2) is 24.3 Å². The van der Waals surface area contributed by atoms with Crippen molar-refractivity contribution >= 4 is 68.6 Å². The van der Waals surface area contributed by atoms with Crippen LogP contribution >= 0.6 is 56.5 Å². The van der Waals surface area contributed by atoms with Crippen molar-refractivity contribution in [3.63, 3.8) is 0 Å². The highest BCUT2D eigenvalue weighted by Gasteiger charge is 2.33. The molecule has 2 heterocycles. The van der Waals surface area contributed by atoms with E-state index in [1.54, 1.807) is 25.5 Å². The lowest BCUT2D eigenvalue weighted by Gasteiger charge is -2.24. The minimum absolute atomic E-state index is 0.218. The summed E-state index contributed by atoms with van der Waals surface area (Å²) in [4.78, 5) is 32.0. The first-order chi connectivity index (χ1) is 19.8. The minimum Gasteiger partial charge on any atom is -0.497 e. The van der Waals surface area contributed by atoms with Gasteiger partial charge in [0.15, 0.2) is 4.80 Å². The van der Waals surface area contributed by atoms with Crippen molar-refractivity contribution in [2.75, 3.05) is 13.7 Å². The summed E-state index contributed by atoms with van der Waals surface area (Å²) in [5, 5.41) is 0. The number of methoxy groups -OCH3 is 1. The van der Waals surface area contributed by atoms with Crippen molar-refractivity contribution in [2.45, 2.75) is 26.5 Å². The van der Waals surface area contributed by atoms with Gasteiger partial charge < -0.3 is 14.2 Å². The van der Waals surface area contributed by atoms with Crippen LogP contribution in [0.5, 0.6) is 11.5 Å². The van der Waals surface area contributed by atoms with Crippen LogP contribution in [0.25, 0.3) is 6.08 Å². The summed E-state index contributed by atoms with van der Waals surface area (Å²) in [6.07, 6.45) is 1.85. The van der Waals surface area contributed by atoms with E-state index in [9.17, 15) is 9.59 Å². The summed E-state index contributed by atoms with van der Waals surface area (Å²) in [5.74, 6) is 1.04. The molecule has 10 heteroatoms. The number of carbonyl (C=O) groups excluding carboxylic acids is 1. The van der Waals surface area contributed by atoms with Gasteiger partial charge in [-0.3, -0.25) is 9.36 Å². The maximum absolute atomic E-state index is 13.8. The lowest BCUT2D eigenvalue weighted by atomic mass is 9.96. The highest BCUT2D eigenvalue weighted by Crippen LogP contribution is 2.31. The molecule has 1 aromatic heterocycles. The number of carbonyl (C=O) groups is 1. The van der Waals surface area contributed by atoms with Crippen LogP contribution in [0.3, 0.4) is 0 Å². The van der Waals surface area contributed by atoms with E-state index < -0.39 is 12.0 Å². The highest BCUT2D eigenvalue weighted by molar-refractivity contribution is 14.1. The Kier molecular flexibility index (Phi) is 9.29. The fourth-order valence-corrected chi connectivity index (χ4v) is 7.31. The second-order valence-corrected chi connectivity index (χ2v) is 12.6. The summed E-state index contributed by atoms with van der Waals surface area (Å²) in [6.45, 7) is 4.20. The zero-order valence-corrected chi connectivity index (χ0v) is 27.7. The van der Waals surface area contributed by atoms with E-state index in [0.717, 1.165) is 29.6 Å². The van der Waals surface area contributed by atoms with Crippen LogP contribution in [0.1, 0.15) is 36.6 Å². The van der Waals surface area contributed by atoms with Gasteiger partial charge in [-0.25, -0.2) is 9.79 Å². The summed E-state index contributed by atoms with van der Waals surface area (Å²) in [7, 11) is 1.59. The lowest BCUT2D eigenvalue weighted by Crippen LogP contribution is -2.39. The maximum Gasteiger partial charge on any atom is 0.338 e. The number of rotatable bonds is 8. The van der Waals surface area contributed by atoms with E-state index in [-0.39, 0.29) is 12.2 Å². The maximum atomic E-state index is 13.8. The van der Waals surface area contributed by atoms with Crippen LogP contribution in [0.4, 0.5) is 0 Å². The second kappa shape index (κ2) is 12.9. The van der Waals surface area contributed by atoms with Gasteiger partial charge in [0.1, 0.15) is 18.1 Å². The summed E-state index contributed by atoms with van der Waals surface area (Å²) in [5.41, 5.74) is 3.33. The monoisotopic (exact) mass is 792 g/mol. The Balaban J connectivity index is 1.48. The lowest BCUT2D eigenvalue weighted by molar-refractivity contribution is -0.139. The zero-order chi connectivity index (χ0) is 29.1. The van der Waals surface area contributed by atoms with Crippen LogP contribution in [0, 0.1) is 7.14 Å². The molecule has 0 saturated heterocycles. The second-order valence-electron chi connectivity index (χ2n) is 9.18. The van der Waals surface area contributed by atoms with Crippen LogP contribution < -0.4 is 24.4 Å². The summed E-state index contributed by atoms with van der Waals surface area (Å²) in [6, 6.07) is 20.7. The van der Waals surface area contributed by atoms with Crippen LogP contribution in [0.2, 0.25) is 0 Å². The Bertz CT molecular complexity index is 1810. The van der Waals surface area contributed by atoms with Gasteiger partial charge in [0.25, 0.3) is 5.56 Å². The molecular weight excluding hydrogens is 766 g/mol. The van der Waals surface area contributed by atoms with E-state index in [4.69, 9.17) is 14.2 Å². The molecule has 210 valence electrons. The van der Waals surface area contributed by atoms with Crippen molar-refractivity contribution in [1.29, 1.82) is 0 Å². The average Bonchev–Trinajstić information content (AvgIpc) is 3.26. The molecular formula is C31H26I2N2O5S. The summed E-state index contributed by atoms with van der Waals surface area (Å²) >= 11 is 5.86. The van der Waals surface area contributed by atoms with Gasteiger partial charge in [0.2, 0.25) is 0 Å². The van der Waals surface area contributed by atoms with Crippen molar-refractivity contribution in [2.24, 2.45) is 4.99 Å². The van der Waals surface area contributed by atoms with E-state index in [1.165, 1.54) is 11.3 Å². The molecule has 0 spiro atoms. The van der Waals surface area contributed by atoms with Crippen molar-refractivity contribution in [1.82, 2.24) is 4.57 Å². The standard InChI is InChI=1S/C31H26I2N2O5S/c1-4-39-30(37)27-18(2)34-31-35(28(27)21-9-12-23(38-3)13-10-21)29(36)26(41-31)15-19-5-7-20(8-6-19)17-40-25-14-11-22(32)16-24(25)33/h5-16,28H,4,17H2,1-3H3/b26-15-/t28-/m0/s1. The average molecular weight is 792 g/mol. The van der Waals surface area contributed by atoms with Gasteiger partial charge >= 0.3 is 5.97 Å². The fraction of sp³-hybridized carbons (Fsp3) is 0.194. The third kappa shape index (κ3) is 6.44. The van der Waals surface area contributed by atoms with Crippen LogP contribution in [-0.2, 0) is 16.1 Å². The van der Waals surface area contributed by atoms with E-state index in [2.05, 4.69) is 56.2 Å². The number of ether oxygens (including phenoxy) is 3. The first-order valence-corrected chi connectivity index (χ1v) is 15.8. The van der Waals surface area contributed by atoms with Crippen molar-refractivity contribution < 1.29 is 19.0 Å². The van der Waals surface area contributed by atoms with E-state index in [1.807, 2.05) is 66.7 Å². The molecule has 7 nitrogen and oxygen atoms in total. The topological polar surface area (TPSA) is 79.1 Å². The predicted molar refractivity (Wildman–Crippen MR) is 176 cm³/mol. The minimum atomic E-state index is -0.665. The van der Waals surface area contributed by atoms with E-state index in [0.29, 0.717) is 33.0 Å². The number of benzene rings is 3. The molecule has 0 fully saturated rings. The predicted octanol–water partition coefficient (Wildman–Crippen LogP) is 5.60. The molecule has 0 radical (unpaired) electrons. The number of fused-ring (bicyclic) bond motifs is 1.